The Morgan fingerprint density at radius 1 is 1.50 bits per heavy atom. The minimum absolute atomic E-state index is 0.335. The molecule has 1 unspecified atom stereocenters. The maximum Gasteiger partial charge on any atom is 0.238 e. The van der Waals surface area contributed by atoms with E-state index in [1.807, 2.05) is 37.3 Å². The number of carbonyl (C=O) groups excluding carboxylic acids is 1. The van der Waals surface area contributed by atoms with Gasteiger partial charge in [-0.2, -0.15) is 0 Å². The molecular formula is C12H12O2. The van der Waals surface area contributed by atoms with Crippen LogP contribution in [0.15, 0.2) is 30.3 Å². The molecule has 0 aliphatic heterocycles. The number of carbonyl (C=O) groups is 1. The normalized spacial score (nSPS) is 11.7. The van der Waals surface area contributed by atoms with Gasteiger partial charge in [0.25, 0.3) is 0 Å². The summed E-state index contributed by atoms with van der Waals surface area (Å²) in [5.74, 6) is 1.75. The van der Waals surface area contributed by atoms with Crippen LogP contribution in [0.5, 0.6) is 0 Å². The molecule has 1 atom stereocenters. The largest absolute Gasteiger partial charge is 0.365 e. The number of ether oxygens (including phenoxy) is 1. The van der Waals surface area contributed by atoms with Crippen molar-refractivity contribution in [3.8, 4) is 12.3 Å². The van der Waals surface area contributed by atoms with Crippen molar-refractivity contribution in [2.24, 2.45) is 0 Å². The Labute approximate surface area is 83.9 Å². The van der Waals surface area contributed by atoms with Gasteiger partial charge < -0.3 is 4.74 Å². The van der Waals surface area contributed by atoms with Gasteiger partial charge in [0, 0.05) is 6.61 Å². The number of ketones is 1. The molecule has 0 fully saturated rings. The van der Waals surface area contributed by atoms with Crippen molar-refractivity contribution in [3.05, 3.63) is 35.9 Å². The number of Topliss-reactive ketones (excluding diaryl/α,β-unsaturated/α-hetero) is 1. The Morgan fingerprint density at radius 3 is 2.64 bits per heavy atom. The highest BCUT2D eigenvalue weighted by molar-refractivity contribution is 5.99. The molecule has 2 heteroatoms. The third-order valence-electron chi connectivity index (χ3n) is 1.82. The van der Waals surface area contributed by atoms with E-state index < -0.39 is 6.10 Å². The number of rotatable bonds is 4. The standard InChI is InChI=1S/C12H12O2/c1-3-11(13)12(14-4-2)10-8-6-5-7-9-10/h1,5-9,12H,4H2,2H3. The quantitative estimate of drug-likeness (QED) is 0.533. The third kappa shape index (κ3) is 2.45. The Balaban J connectivity index is 2.90. The van der Waals surface area contributed by atoms with E-state index in [0.29, 0.717) is 6.61 Å². The minimum atomic E-state index is -0.619. The topological polar surface area (TPSA) is 26.3 Å². The van der Waals surface area contributed by atoms with Gasteiger partial charge in [0.15, 0.2) is 6.10 Å². The van der Waals surface area contributed by atoms with Crippen molar-refractivity contribution in [3.63, 3.8) is 0 Å². The van der Waals surface area contributed by atoms with Gasteiger partial charge in [-0.1, -0.05) is 30.3 Å². The first-order valence-corrected chi connectivity index (χ1v) is 4.46. The lowest BCUT2D eigenvalue weighted by Crippen LogP contribution is -2.14. The highest BCUT2D eigenvalue weighted by Gasteiger charge is 2.17. The lowest BCUT2D eigenvalue weighted by Gasteiger charge is -2.12. The second kappa shape index (κ2) is 5.21. The Hall–Kier alpha value is -1.59. The molecule has 0 radical (unpaired) electrons. The van der Waals surface area contributed by atoms with Gasteiger partial charge in [0.05, 0.1) is 0 Å². The zero-order valence-corrected chi connectivity index (χ0v) is 8.07. The lowest BCUT2D eigenvalue weighted by atomic mass is 10.1. The molecule has 14 heavy (non-hydrogen) atoms. The fourth-order valence-electron chi connectivity index (χ4n) is 1.19. The van der Waals surface area contributed by atoms with Gasteiger partial charge in [0.2, 0.25) is 5.78 Å². The maximum atomic E-state index is 11.3. The van der Waals surface area contributed by atoms with Gasteiger partial charge in [-0.25, -0.2) is 0 Å². The predicted octanol–water partition coefficient (Wildman–Crippen LogP) is 1.97. The molecule has 0 saturated carbocycles. The molecule has 0 N–H and O–H groups in total. The lowest BCUT2D eigenvalue weighted by molar-refractivity contribution is -0.124. The van der Waals surface area contributed by atoms with E-state index in [1.165, 1.54) is 0 Å². The van der Waals surface area contributed by atoms with Crippen molar-refractivity contribution >= 4 is 5.78 Å². The molecular weight excluding hydrogens is 176 g/mol. The van der Waals surface area contributed by atoms with E-state index in [1.54, 1.807) is 0 Å². The molecule has 0 aromatic heterocycles. The van der Waals surface area contributed by atoms with Gasteiger partial charge in [0.1, 0.15) is 0 Å². The summed E-state index contributed by atoms with van der Waals surface area (Å²) < 4.78 is 5.29. The Kier molecular flexibility index (Phi) is 3.90. The van der Waals surface area contributed by atoms with Crippen molar-refractivity contribution in [2.75, 3.05) is 6.61 Å². The summed E-state index contributed by atoms with van der Waals surface area (Å²) in [5, 5.41) is 0. The van der Waals surface area contributed by atoms with Gasteiger partial charge >= 0.3 is 0 Å². The average Bonchev–Trinajstić information content (AvgIpc) is 2.26. The van der Waals surface area contributed by atoms with Crippen LogP contribution in [0.3, 0.4) is 0 Å². The molecule has 1 aromatic carbocycles. The summed E-state index contributed by atoms with van der Waals surface area (Å²) in [7, 11) is 0. The molecule has 0 heterocycles. The van der Waals surface area contributed by atoms with Crippen LogP contribution in [0.4, 0.5) is 0 Å². The van der Waals surface area contributed by atoms with Crippen LogP contribution in [0, 0.1) is 12.3 Å². The van der Waals surface area contributed by atoms with E-state index >= 15 is 0 Å². The summed E-state index contributed by atoms with van der Waals surface area (Å²) in [6, 6.07) is 9.24. The molecule has 0 spiro atoms. The smallest absolute Gasteiger partial charge is 0.238 e. The zero-order chi connectivity index (χ0) is 10.4. The Bertz CT molecular complexity index is 335. The summed E-state index contributed by atoms with van der Waals surface area (Å²) in [6.07, 6.45) is 4.44. The molecule has 0 bridgehead atoms. The van der Waals surface area contributed by atoms with Gasteiger partial charge in [-0.15, -0.1) is 6.42 Å². The number of benzene rings is 1. The zero-order valence-electron chi connectivity index (χ0n) is 8.07. The molecule has 1 rings (SSSR count). The fraction of sp³-hybridized carbons (Fsp3) is 0.250. The van der Waals surface area contributed by atoms with Crippen LogP contribution in [0.2, 0.25) is 0 Å². The van der Waals surface area contributed by atoms with E-state index in [2.05, 4.69) is 5.92 Å². The van der Waals surface area contributed by atoms with Gasteiger partial charge in [-0.05, 0) is 18.4 Å². The molecule has 0 aliphatic rings. The average molecular weight is 188 g/mol. The number of hydrogen-bond donors (Lipinski definition) is 0. The highest BCUT2D eigenvalue weighted by Crippen LogP contribution is 2.17. The van der Waals surface area contributed by atoms with Crippen LogP contribution in [0.1, 0.15) is 18.6 Å². The summed E-state index contributed by atoms with van der Waals surface area (Å²) in [5.41, 5.74) is 0.803. The van der Waals surface area contributed by atoms with E-state index in [0.717, 1.165) is 5.56 Å². The van der Waals surface area contributed by atoms with E-state index in [9.17, 15) is 4.79 Å². The Morgan fingerprint density at radius 2 is 2.14 bits per heavy atom. The highest BCUT2D eigenvalue weighted by atomic mass is 16.5. The maximum absolute atomic E-state index is 11.3. The second-order valence-electron chi connectivity index (χ2n) is 2.75. The van der Waals surface area contributed by atoms with Crippen LogP contribution in [0.25, 0.3) is 0 Å². The van der Waals surface area contributed by atoms with Crippen molar-refractivity contribution in [2.45, 2.75) is 13.0 Å². The molecule has 1 aromatic rings. The third-order valence-corrected chi connectivity index (χ3v) is 1.82. The fourth-order valence-corrected chi connectivity index (χ4v) is 1.19. The predicted molar refractivity (Wildman–Crippen MR) is 54.6 cm³/mol. The summed E-state index contributed by atoms with van der Waals surface area (Å²) >= 11 is 0. The number of hydrogen-bond acceptors (Lipinski definition) is 2. The first kappa shape index (κ1) is 10.5. The molecule has 0 aliphatic carbocycles. The SMILES string of the molecule is C#CC(=O)C(OCC)c1ccccc1. The van der Waals surface area contributed by atoms with Crippen LogP contribution in [-0.4, -0.2) is 12.4 Å². The van der Waals surface area contributed by atoms with E-state index in [4.69, 9.17) is 11.2 Å². The van der Waals surface area contributed by atoms with Crippen molar-refractivity contribution in [1.82, 2.24) is 0 Å². The monoisotopic (exact) mass is 188 g/mol. The molecule has 2 nitrogen and oxygen atoms in total. The summed E-state index contributed by atoms with van der Waals surface area (Å²) in [6.45, 7) is 2.30. The number of terminal acetylenes is 1. The molecule has 0 saturated heterocycles. The minimum Gasteiger partial charge on any atom is -0.365 e. The first-order valence-electron chi connectivity index (χ1n) is 4.46. The summed E-state index contributed by atoms with van der Waals surface area (Å²) in [4.78, 5) is 11.3. The van der Waals surface area contributed by atoms with Crippen LogP contribution >= 0.6 is 0 Å². The van der Waals surface area contributed by atoms with E-state index in [-0.39, 0.29) is 5.78 Å². The second-order valence-corrected chi connectivity index (χ2v) is 2.75. The molecule has 72 valence electrons. The van der Waals surface area contributed by atoms with Crippen LogP contribution < -0.4 is 0 Å². The first-order chi connectivity index (χ1) is 6.79. The van der Waals surface area contributed by atoms with Crippen molar-refractivity contribution < 1.29 is 9.53 Å². The van der Waals surface area contributed by atoms with Crippen LogP contribution in [-0.2, 0) is 9.53 Å². The molecule has 0 amide bonds. The van der Waals surface area contributed by atoms with Crippen molar-refractivity contribution in [1.29, 1.82) is 0 Å². The van der Waals surface area contributed by atoms with Gasteiger partial charge in [-0.3, -0.25) is 4.79 Å².